The Bertz CT molecular complexity index is 1480. The number of imidazole rings is 1. The molecular formula is C27H26F2N6O2. The molecule has 1 aliphatic heterocycles. The molecule has 4 aromatic rings. The smallest absolute Gasteiger partial charge is 0.291 e. The first-order valence-corrected chi connectivity index (χ1v) is 11.9. The number of nitrogens with one attached hydrogen (secondary N) is 1. The van der Waals surface area contributed by atoms with Crippen molar-refractivity contribution in [3.63, 3.8) is 0 Å². The molecular weight excluding hydrogens is 478 g/mol. The summed E-state index contributed by atoms with van der Waals surface area (Å²) in [6.45, 7) is 5.19. The molecule has 10 heteroatoms. The second-order valence-electron chi connectivity index (χ2n) is 8.91. The van der Waals surface area contributed by atoms with Gasteiger partial charge in [0.05, 0.1) is 36.6 Å². The number of methoxy groups -OCH3 is 1. The number of nitrogens with zero attached hydrogens (tertiary/aromatic N) is 5. The molecule has 5 rings (SSSR count). The van der Waals surface area contributed by atoms with Crippen LogP contribution in [0.3, 0.4) is 0 Å². The average molecular weight is 505 g/mol. The molecule has 0 radical (unpaired) electrons. The van der Waals surface area contributed by atoms with E-state index in [1.54, 1.807) is 48.5 Å². The zero-order valence-corrected chi connectivity index (χ0v) is 20.5. The van der Waals surface area contributed by atoms with Gasteiger partial charge in [-0.25, -0.2) is 9.67 Å². The van der Waals surface area contributed by atoms with Crippen molar-refractivity contribution in [1.29, 1.82) is 0 Å². The van der Waals surface area contributed by atoms with Crippen LogP contribution in [0.15, 0.2) is 67.6 Å². The molecule has 0 saturated heterocycles. The van der Waals surface area contributed by atoms with Gasteiger partial charge in [-0.2, -0.15) is 8.78 Å². The van der Waals surface area contributed by atoms with Gasteiger partial charge in [0, 0.05) is 23.5 Å². The van der Waals surface area contributed by atoms with Gasteiger partial charge in [0.2, 0.25) is 0 Å². The zero-order chi connectivity index (χ0) is 26.2. The number of hydrogen-bond acceptors (Lipinski definition) is 5. The topological polar surface area (TPSA) is 86.9 Å². The summed E-state index contributed by atoms with van der Waals surface area (Å²) in [6.07, 6.45) is 6.08. The van der Waals surface area contributed by atoms with Crippen LogP contribution in [0.2, 0.25) is 0 Å². The lowest BCUT2D eigenvalue weighted by Gasteiger charge is -2.28. The highest BCUT2D eigenvalue weighted by atomic mass is 19.3. The van der Waals surface area contributed by atoms with Crippen molar-refractivity contribution in [1.82, 2.24) is 24.5 Å². The molecule has 0 fully saturated rings. The standard InChI is InChI=1S/C27H26F2N6O2/c1-4-27(28,29)20-9-6-5-8-19(20)21-10-7-11-23-25(32-33-35(21)23)26(36)31-18-12-13-22(24(14-18)37-3)34-15-17(2)30-16-34/h4-6,8-9,12-16,21H,1,7,10-11H2,2-3H3,(H,31,36). The third-order valence-electron chi connectivity index (χ3n) is 6.56. The highest BCUT2D eigenvalue weighted by Gasteiger charge is 2.35. The maximum absolute atomic E-state index is 14.6. The average Bonchev–Trinajstić information content (AvgIpc) is 3.55. The molecule has 0 aliphatic carbocycles. The predicted octanol–water partition coefficient (Wildman–Crippen LogP) is 5.24. The van der Waals surface area contributed by atoms with Gasteiger partial charge < -0.3 is 14.6 Å². The lowest BCUT2D eigenvalue weighted by Crippen LogP contribution is -2.25. The van der Waals surface area contributed by atoms with Gasteiger partial charge in [-0.15, -0.1) is 5.10 Å². The van der Waals surface area contributed by atoms with Crippen molar-refractivity contribution < 1.29 is 18.3 Å². The van der Waals surface area contributed by atoms with Gasteiger partial charge in [0.1, 0.15) is 5.75 Å². The first kappa shape index (κ1) is 24.4. The number of hydrogen-bond donors (Lipinski definition) is 1. The van der Waals surface area contributed by atoms with Crippen LogP contribution in [0, 0.1) is 6.92 Å². The van der Waals surface area contributed by atoms with Crippen LogP contribution in [0.5, 0.6) is 5.75 Å². The predicted molar refractivity (Wildman–Crippen MR) is 134 cm³/mol. The van der Waals surface area contributed by atoms with Crippen LogP contribution >= 0.6 is 0 Å². The van der Waals surface area contributed by atoms with E-state index in [1.165, 1.54) is 6.07 Å². The van der Waals surface area contributed by atoms with Crippen LogP contribution in [-0.4, -0.2) is 37.6 Å². The normalized spacial score (nSPS) is 15.2. The quantitative estimate of drug-likeness (QED) is 0.348. The Hall–Kier alpha value is -4.34. The second kappa shape index (κ2) is 9.61. The third kappa shape index (κ3) is 4.50. The maximum atomic E-state index is 14.6. The zero-order valence-electron chi connectivity index (χ0n) is 20.5. The highest BCUT2D eigenvalue weighted by Crippen LogP contribution is 2.39. The molecule has 1 atom stereocenters. The van der Waals surface area contributed by atoms with Gasteiger partial charge in [0.25, 0.3) is 11.8 Å². The summed E-state index contributed by atoms with van der Waals surface area (Å²) in [5.41, 5.74) is 3.27. The molecule has 1 N–H and O–H groups in total. The number of aryl methyl sites for hydroxylation is 1. The van der Waals surface area contributed by atoms with Crippen LogP contribution in [0.1, 0.15) is 51.9 Å². The van der Waals surface area contributed by atoms with E-state index in [2.05, 4.69) is 27.2 Å². The van der Waals surface area contributed by atoms with Gasteiger partial charge in [-0.05, 0) is 50.0 Å². The second-order valence-corrected chi connectivity index (χ2v) is 8.91. The van der Waals surface area contributed by atoms with E-state index in [4.69, 9.17) is 4.74 Å². The Morgan fingerprint density at radius 3 is 2.81 bits per heavy atom. The van der Waals surface area contributed by atoms with E-state index in [0.29, 0.717) is 48.0 Å². The molecule has 0 saturated carbocycles. The molecule has 3 heterocycles. The summed E-state index contributed by atoms with van der Waals surface area (Å²) in [5, 5.41) is 11.2. The summed E-state index contributed by atoms with van der Waals surface area (Å²) in [7, 11) is 1.55. The number of aromatic nitrogens is 5. The number of allylic oxidation sites excluding steroid dienone is 1. The van der Waals surface area contributed by atoms with Gasteiger partial charge >= 0.3 is 0 Å². The van der Waals surface area contributed by atoms with Crippen molar-refractivity contribution in [3.8, 4) is 11.4 Å². The van der Waals surface area contributed by atoms with Gasteiger partial charge in [-0.3, -0.25) is 4.79 Å². The lowest BCUT2D eigenvalue weighted by atomic mass is 9.90. The molecule has 2 aromatic carbocycles. The molecule has 0 bridgehead atoms. The molecule has 190 valence electrons. The van der Waals surface area contributed by atoms with Crippen molar-refractivity contribution in [3.05, 3.63) is 95.9 Å². The van der Waals surface area contributed by atoms with E-state index in [0.717, 1.165) is 11.4 Å². The molecule has 1 amide bonds. The van der Waals surface area contributed by atoms with Crippen LogP contribution in [0.25, 0.3) is 5.69 Å². The highest BCUT2D eigenvalue weighted by molar-refractivity contribution is 6.03. The van der Waals surface area contributed by atoms with Gasteiger partial charge in [0.15, 0.2) is 5.69 Å². The fraction of sp³-hybridized carbons (Fsp3) is 0.259. The Kier molecular flexibility index (Phi) is 6.32. The Balaban J connectivity index is 1.43. The molecule has 1 unspecified atom stereocenters. The molecule has 1 aliphatic rings. The maximum Gasteiger partial charge on any atom is 0.291 e. The number of benzene rings is 2. The number of carbonyl (C=O) groups excluding carboxylic acids is 1. The summed E-state index contributed by atoms with van der Waals surface area (Å²) in [4.78, 5) is 17.4. The SMILES string of the molecule is C=CC(F)(F)c1ccccc1C1CCCc2c(C(=O)Nc3ccc(-n4cnc(C)c4)c(OC)c3)nnn21. The van der Waals surface area contributed by atoms with E-state index in [-0.39, 0.29) is 11.3 Å². The number of carbonyl (C=O) groups is 1. The summed E-state index contributed by atoms with van der Waals surface area (Å²) in [5.74, 6) is -3.06. The minimum atomic E-state index is -3.18. The van der Waals surface area contributed by atoms with E-state index >= 15 is 0 Å². The van der Waals surface area contributed by atoms with Crippen LogP contribution in [-0.2, 0) is 12.3 Å². The van der Waals surface area contributed by atoms with Crippen molar-refractivity contribution in [2.24, 2.45) is 0 Å². The van der Waals surface area contributed by atoms with Crippen molar-refractivity contribution in [2.45, 2.75) is 38.2 Å². The number of fused-ring (bicyclic) bond motifs is 1. The first-order valence-electron chi connectivity index (χ1n) is 11.9. The number of halogens is 2. The molecule has 8 nitrogen and oxygen atoms in total. The Morgan fingerprint density at radius 1 is 1.27 bits per heavy atom. The lowest BCUT2D eigenvalue weighted by molar-refractivity contribution is 0.0506. The summed E-state index contributed by atoms with van der Waals surface area (Å²) >= 11 is 0. The fourth-order valence-electron chi connectivity index (χ4n) is 4.76. The number of anilines is 1. The minimum absolute atomic E-state index is 0.121. The monoisotopic (exact) mass is 504 g/mol. The molecule has 0 spiro atoms. The van der Waals surface area contributed by atoms with Gasteiger partial charge in [-0.1, -0.05) is 36.1 Å². The fourth-order valence-corrected chi connectivity index (χ4v) is 4.76. The number of rotatable bonds is 7. The first-order chi connectivity index (χ1) is 17.8. The van der Waals surface area contributed by atoms with Crippen LogP contribution in [0.4, 0.5) is 14.5 Å². The Labute approximate surface area is 212 Å². The van der Waals surface area contributed by atoms with Crippen molar-refractivity contribution in [2.75, 3.05) is 12.4 Å². The Morgan fingerprint density at radius 2 is 2.08 bits per heavy atom. The van der Waals surface area contributed by atoms with E-state index in [1.807, 2.05) is 23.8 Å². The van der Waals surface area contributed by atoms with E-state index in [9.17, 15) is 13.6 Å². The van der Waals surface area contributed by atoms with E-state index < -0.39 is 17.9 Å². The van der Waals surface area contributed by atoms with Crippen molar-refractivity contribution >= 4 is 11.6 Å². The number of ether oxygens (including phenoxy) is 1. The largest absolute Gasteiger partial charge is 0.494 e. The number of amides is 1. The molecule has 37 heavy (non-hydrogen) atoms. The summed E-state index contributed by atoms with van der Waals surface area (Å²) in [6, 6.07) is 11.2. The van der Waals surface area contributed by atoms with Crippen LogP contribution < -0.4 is 10.1 Å². The number of alkyl halides is 2. The minimum Gasteiger partial charge on any atom is -0.494 e. The molecule has 2 aromatic heterocycles. The third-order valence-corrected chi connectivity index (χ3v) is 6.56. The summed E-state index contributed by atoms with van der Waals surface area (Å²) < 4.78 is 38.2.